The third-order valence-corrected chi connectivity index (χ3v) is 3.25. The average molecular weight is 243 g/mol. The Bertz CT molecular complexity index is 341. The summed E-state index contributed by atoms with van der Waals surface area (Å²) < 4.78 is 35.8. The number of rotatable bonds is 4. The van der Waals surface area contributed by atoms with Crippen LogP contribution in [0, 0.1) is 0 Å². The monoisotopic (exact) mass is 243 g/mol. The van der Waals surface area contributed by atoms with Gasteiger partial charge in [-0.15, -0.1) is 0 Å². The Kier molecular flexibility index (Phi) is 3.72. The Morgan fingerprint density at radius 1 is 1.12 bits per heavy atom. The molecule has 0 amide bonds. The molecule has 2 rings (SSSR count). The van der Waals surface area contributed by atoms with Crippen LogP contribution in [0.2, 0.25) is 0 Å². The molecule has 0 aromatic heterocycles. The Labute approximate surface area is 99.0 Å². The number of hydrogen-bond donors (Lipinski definition) is 1. The molecule has 94 valence electrons. The normalized spacial score (nSPS) is 24.4. The second-order valence-electron chi connectivity index (χ2n) is 4.60. The van der Waals surface area contributed by atoms with E-state index in [2.05, 4.69) is 17.4 Å². The van der Waals surface area contributed by atoms with Crippen LogP contribution in [0.15, 0.2) is 30.3 Å². The van der Waals surface area contributed by atoms with Crippen molar-refractivity contribution < 1.29 is 13.2 Å². The molecule has 17 heavy (non-hydrogen) atoms. The quantitative estimate of drug-likeness (QED) is 0.853. The molecule has 0 atom stereocenters. The van der Waals surface area contributed by atoms with Gasteiger partial charge in [0.1, 0.15) is 0 Å². The smallest absolute Gasteiger partial charge is 0.314 e. The van der Waals surface area contributed by atoms with Gasteiger partial charge in [-0.05, 0) is 24.3 Å². The van der Waals surface area contributed by atoms with Gasteiger partial charge in [-0.25, -0.2) is 0 Å². The average Bonchev–Trinajstić information content (AvgIpc) is 2.21. The van der Waals surface area contributed by atoms with E-state index in [9.17, 15) is 13.2 Å². The minimum absolute atomic E-state index is 0.0374. The van der Waals surface area contributed by atoms with Crippen LogP contribution in [0.5, 0.6) is 0 Å². The second-order valence-corrected chi connectivity index (χ2v) is 4.60. The van der Waals surface area contributed by atoms with E-state index < -0.39 is 12.6 Å². The highest BCUT2D eigenvalue weighted by Gasteiger charge is 2.31. The van der Waals surface area contributed by atoms with Crippen LogP contribution in [0.25, 0.3) is 0 Å². The Morgan fingerprint density at radius 3 is 2.35 bits per heavy atom. The topological polar surface area (TPSA) is 12.0 Å². The van der Waals surface area contributed by atoms with Crippen molar-refractivity contribution in [1.29, 1.82) is 0 Å². The van der Waals surface area contributed by atoms with Crippen LogP contribution < -0.4 is 5.32 Å². The number of halogens is 3. The standard InChI is InChI=1S/C13H16F3N/c14-13(15,16)6-7-17-12-8-11(9-12)10-4-2-1-3-5-10/h1-5,11-12,17H,6-9H2. The highest BCUT2D eigenvalue weighted by Crippen LogP contribution is 2.36. The third kappa shape index (κ3) is 3.73. The fourth-order valence-corrected chi connectivity index (χ4v) is 2.20. The maximum Gasteiger partial charge on any atom is 0.390 e. The lowest BCUT2D eigenvalue weighted by Gasteiger charge is -2.36. The molecule has 1 fully saturated rings. The van der Waals surface area contributed by atoms with E-state index >= 15 is 0 Å². The zero-order chi connectivity index (χ0) is 12.3. The fourth-order valence-electron chi connectivity index (χ4n) is 2.20. The molecule has 1 aliphatic rings. The molecule has 1 N–H and O–H groups in total. The molecule has 1 aromatic rings. The molecule has 0 saturated heterocycles. The molecule has 1 aromatic carbocycles. The molecule has 0 radical (unpaired) electrons. The van der Waals surface area contributed by atoms with E-state index in [4.69, 9.17) is 0 Å². The highest BCUT2D eigenvalue weighted by molar-refractivity contribution is 5.22. The van der Waals surface area contributed by atoms with Gasteiger partial charge in [-0.2, -0.15) is 13.2 Å². The molecule has 1 saturated carbocycles. The van der Waals surface area contributed by atoms with E-state index in [0.29, 0.717) is 5.92 Å². The first kappa shape index (κ1) is 12.4. The summed E-state index contributed by atoms with van der Waals surface area (Å²) in [6.07, 6.45) is -2.89. The van der Waals surface area contributed by atoms with Crippen molar-refractivity contribution in [1.82, 2.24) is 5.32 Å². The first-order valence-corrected chi connectivity index (χ1v) is 5.90. The summed E-state index contributed by atoms with van der Waals surface area (Å²) >= 11 is 0. The van der Waals surface area contributed by atoms with E-state index in [1.807, 2.05) is 18.2 Å². The largest absolute Gasteiger partial charge is 0.390 e. The zero-order valence-corrected chi connectivity index (χ0v) is 9.50. The molecule has 1 nitrogen and oxygen atoms in total. The van der Waals surface area contributed by atoms with Gasteiger partial charge in [0.05, 0.1) is 6.42 Å². The van der Waals surface area contributed by atoms with Gasteiger partial charge in [0, 0.05) is 12.6 Å². The van der Waals surface area contributed by atoms with Gasteiger partial charge < -0.3 is 5.32 Å². The summed E-state index contributed by atoms with van der Waals surface area (Å²) in [5, 5.41) is 2.96. The number of hydrogen-bond acceptors (Lipinski definition) is 1. The van der Waals surface area contributed by atoms with Gasteiger partial charge in [-0.3, -0.25) is 0 Å². The van der Waals surface area contributed by atoms with Crippen molar-refractivity contribution in [2.75, 3.05) is 6.54 Å². The minimum atomic E-state index is -4.05. The summed E-state index contributed by atoms with van der Waals surface area (Å²) in [5.41, 5.74) is 1.29. The van der Waals surface area contributed by atoms with Crippen LogP contribution >= 0.6 is 0 Å². The van der Waals surface area contributed by atoms with Crippen molar-refractivity contribution in [2.45, 2.75) is 37.4 Å². The van der Waals surface area contributed by atoms with Gasteiger partial charge in [0.2, 0.25) is 0 Å². The summed E-state index contributed by atoms with van der Waals surface area (Å²) in [4.78, 5) is 0. The Hall–Kier alpha value is -1.03. The molecule has 0 bridgehead atoms. The van der Waals surface area contributed by atoms with Crippen LogP contribution in [0.1, 0.15) is 30.7 Å². The van der Waals surface area contributed by atoms with Gasteiger partial charge >= 0.3 is 6.18 Å². The predicted molar refractivity (Wildman–Crippen MR) is 60.9 cm³/mol. The maximum atomic E-state index is 11.9. The molecule has 0 heterocycles. The van der Waals surface area contributed by atoms with Gasteiger partial charge in [0.15, 0.2) is 0 Å². The summed E-state index contributed by atoms with van der Waals surface area (Å²) in [6.45, 7) is 0.0374. The molecular formula is C13H16F3N. The van der Waals surface area contributed by atoms with E-state index in [-0.39, 0.29) is 12.6 Å². The van der Waals surface area contributed by atoms with Crippen molar-refractivity contribution >= 4 is 0 Å². The Morgan fingerprint density at radius 2 is 1.76 bits per heavy atom. The van der Waals surface area contributed by atoms with Crippen molar-refractivity contribution in [2.24, 2.45) is 0 Å². The van der Waals surface area contributed by atoms with Crippen molar-refractivity contribution in [3.8, 4) is 0 Å². The SMILES string of the molecule is FC(F)(F)CCNC1CC(c2ccccc2)C1. The molecule has 0 spiro atoms. The summed E-state index contributed by atoms with van der Waals surface area (Å²) in [5.74, 6) is 0.514. The molecule has 0 unspecified atom stereocenters. The highest BCUT2D eigenvalue weighted by atomic mass is 19.4. The van der Waals surface area contributed by atoms with E-state index in [0.717, 1.165) is 12.8 Å². The lowest BCUT2D eigenvalue weighted by Crippen LogP contribution is -2.41. The fraction of sp³-hybridized carbons (Fsp3) is 0.538. The summed E-state index contributed by atoms with van der Waals surface area (Å²) in [6, 6.07) is 10.4. The molecule has 4 heteroatoms. The maximum absolute atomic E-state index is 11.9. The third-order valence-electron chi connectivity index (χ3n) is 3.25. The number of nitrogens with one attached hydrogen (secondary N) is 1. The van der Waals surface area contributed by atoms with Crippen molar-refractivity contribution in [3.63, 3.8) is 0 Å². The van der Waals surface area contributed by atoms with Crippen LogP contribution in [0.3, 0.4) is 0 Å². The summed E-state index contributed by atoms with van der Waals surface area (Å²) in [7, 11) is 0. The first-order chi connectivity index (χ1) is 8.04. The molecule has 0 aliphatic heterocycles. The van der Waals surface area contributed by atoms with Crippen molar-refractivity contribution in [3.05, 3.63) is 35.9 Å². The lowest BCUT2D eigenvalue weighted by molar-refractivity contribution is -0.133. The van der Waals surface area contributed by atoms with Crippen LogP contribution in [-0.2, 0) is 0 Å². The van der Waals surface area contributed by atoms with E-state index in [1.54, 1.807) is 0 Å². The molecular weight excluding hydrogens is 227 g/mol. The van der Waals surface area contributed by atoms with Gasteiger partial charge in [-0.1, -0.05) is 30.3 Å². The zero-order valence-electron chi connectivity index (χ0n) is 9.50. The van der Waals surface area contributed by atoms with Gasteiger partial charge in [0.25, 0.3) is 0 Å². The Balaban J connectivity index is 1.66. The minimum Gasteiger partial charge on any atom is -0.314 e. The van der Waals surface area contributed by atoms with Crippen LogP contribution in [0.4, 0.5) is 13.2 Å². The lowest BCUT2D eigenvalue weighted by atomic mass is 9.76. The number of benzene rings is 1. The van der Waals surface area contributed by atoms with Crippen LogP contribution in [-0.4, -0.2) is 18.8 Å². The number of alkyl halides is 3. The predicted octanol–water partition coefficient (Wildman–Crippen LogP) is 3.47. The second kappa shape index (κ2) is 5.08. The molecule has 1 aliphatic carbocycles. The van der Waals surface area contributed by atoms with E-state index in [1.165, 1.54) is 5.56 Å². The first-order valence-electron chi connectivity index (χ1n) is 5.90.